The molecule has 0 radical (unpaired) electrons. The second kappa shape index (κ2) is 8.05. The number of hydrogen-bond donors (Lipinski definition) is 0. The molecule has 0 N–H and O–H groups in total. The van der Waals surface area contributed by atoms with Gasteiger partial charge in [-0.15, -0.1) is 0 Å². The first kappa shape index (κ1) is 18.0. The Hall–Kier alpha value is -1.80. The lowest BCUT2D eigenvalue weighted by atomic mass is 10.0. The smallest absolute Gasteiger partial charge is 0.103 e. The van der Waals surface area contributed by atoms with Crippen molar-refractivity contribution in [1.29, 1.82) is 0 Å². The highest BCUT2D eigenvalue weighted by Crippen LogP contribution is 2.32. The number of pyridine rings is 1. The maximum Gasteiger partial charge on any atom is 0.103 e. The maximum atomic E-state index is 6.69. The topological polar surface area (TPSA) is 12.9 Å². The minimum absolute atomic E-state index is 0.221. The number of aromatic nitrogens is 1. The summed E-state index contributed by atoms with van der Waals surface area (Å²) in [6, 6.07) is 16.1. The Morgan fingerprint density at radius 2 is 1.76 bits per heavy atom. The molecule has 0 bridgehead atoms. The Bertz CT molecular complexity index is 956. The number of allylic oxidation sites excluding steroid dienone is 1. The summed E-state index contributed by atoms with van der Waals surface area (Å²) in [6.45, 7) is 2.03. The number of rotatable bonds is 4. The molecule has 0 atom stereocenters. The average molecular weight is 389 g/mol. The lowest BCUT2D eigenvalue weighted by molar-refractivity contribution is 1.20. The van der Waals surface area contributed by atoms with Crippen molar-refractivity contribution in [3.63, 3.8) is 0 Å². The quantitative estimate of drug-likeness (QED) is 0.459. The number of benzene rings is 2. The van der Waals surface area contributed by atoms with Crippen LogP contribution in [-0.2, 0) is 6.42 Å². The minimum Gasteiger partial charge on any atom is -0.248 e. The summed E-state index contributed by atoms with van der Waals surface area (Å²) < 4.78 is 0.221. The number of aryl methyl sites for hydroxylation is 1. The summed E-state index contributed by atoms with van der Waals surface area (Å²) in [5.74, 6) is 0. The third kappa shape index (κ3) is 4.24. The minimum atomic E-state index is 0.221. The highest BCUT2D eigenvalue weighted by molar-refractivity contribution is 6.55. The second-order valence-corrected chi connectivity index (χ2v) is 7.09. The molecule has 1 heterocycles. The van der Waals surface area contributed by atoms with Gasteiger partial charge in [-0.25, -0.2) is 4.98 Å². The molecule has 1 aromatic heterocycles. The normalized spacial score (nSPS) is 11.2. The molecule has 0 saturated heterocycles. The van der Waals surface area contributed by atoms with E-state index in [0.717, 1.165) is 33.3 Å². The molecule has 3 aromatic rings. The summed E-state index contributed by atoms with van der Waals surface area (Å²) in [5.41, 5.74) is 4.82. The Labute approximate surface area is 162 Å². The van der Waals surface area contributed by atoms with E-state index >= 15 is 0 Å². The van der Waals surface area contributed by atoms with Gasteiger partial charge in [0.25, 0.3) is 0 Å². The third-order valence-corrected chi connectivity index (χ3v) is 4.71. The molecule has 0 aliphatic heterocycles. The fourth-order valence-corrected chi connectivity index (χ4v) is 3.18. The predicted molar refractivity (Wildman–Crippen MR) is 110 cm³/mol. The maximum absolute atomic E-state index is 6.69. The van der Waals surface area contributed by atoms with Gasteiger partial charge < -0.3 is 0 Å². The van der Waals surface area contributed by atoms with Gasteiger partial charge >= 0.3 is 0 Å². The summed E-state index contributed by atoms with van der Waals surface area (Å²) >= 11 is 18.3. The Morgan fingerprint density at radius 1 is 1.00 bits per heavy atom. The molecule has 0 spiro atoms. The molecule has 0 saturated carbocycles. The molecule has 3 rings (SSSR count). The van der Waals surface area contributed by atoms with E-state index in [2.05, 4.69) is 0 Å². The van der Waals surface area contributed by atoms with Crippen molar-refractivity contribution in [1.82, 2.24) is 4.98 Å². The van der Waals surface area contributed by atoms with Gasteiger partial charge in [0.05, 0.1) is 16.2 Å². The van der Waals surface area contributed by atoms with Crippen LogP contribution in [0.25, 0.3) is 23.1 Å². The molecule has 126 valence electrons. The predicted octanol–water partition coefficient (Wildman–Crippen LogP) is 7.23. The van der Waals surface area contributed by atoms with Crippen LogP contribution < -0.4 is 0 Å². The van der Waals surface area contributed by atoms with E-state index in [1.165, 1.54) is 0 Å². The molecule has 0 aliphatic rings. The zero-order chi connectivity index (χ0) is 17.8. The molecule has 1 nitrogen and oxygen atoms in total. The van der Waals surface area contributed by atoms with Crippen molar-refractivity contribution in [3.05, 3.63) is 86.5 Å². The van der Waals surface area contributed by atoms with E-state index in [-0.39, 0.29) is 4.49 Å². The van der Waals surface area contributed by atoms with Gasteiger partial charge in [0.1, 0.15) is 4.49 Å². The molecular formula is C21H16Cl3N. The van der Waals surface area contributed by atoms with Crippen molar-refractivity contribution in [2.24, 2.45) is 0 Å². The van der Waals surface area contributed by atoms with E-state index in [1.807, 2.05) is 67.6 Å². The van der Waals surface area contributed by atoms with Crippen molar-refractivity contribution in [2.45, 2.75) is 13.3 Å². The first-order valence-electron chi connectivity index (χ1n) is 7.88. The summed E-state index contributed by atoms with van der Waals surface area (Å²) in [4.78, 5) is 4.84. The highest BCUT2D eigenvalue weighted by atomic mass is 35.5. The number of para-hydroxylation sites is 1. The first-order valence-corrected chi connectivity index (χ1v) is 9.01. The summed E-state index contributed by atoms with van der Waals surface area (Å²) in [7, 11) is 0. The van der Waals surface area contributed by atoms with Gasteiger partial charge in [0.2, 0.25) is 0 Å². The van der Waals surface area contributed by atoms with E-state index in [9.17, 15) is 0 Å². The van der Waals surface area contributed by atoms with Crippen molar-refractivity contribution < 1.29 is 0 Å². The fourth-order valence-electron chi connectivity index (χ4n) is 2.70. The van der Waals surface area contributed by atoms with Crippen molar-refractivity contribution in [3.8, 4) is 0 Å². The number of hydrogen-bond acceptors (Lipinski definition) is 1. The second-order valence-electron chi connectivity index (χ2n) is 5.70. The van der Waals surface area contributed by atoms with E-state index in [1.54, 1.807) is 6.08 Å². The summed E-state index contributed by atoms with van der Waals surface area (Å²) in [5, 5.41) is 1.62. The van der Waals surface area contributed by atoms with Crippen LogP contribution in [0, 0.1) is 6.92 Å². The fraction of sp³-hybridized carbons (Fsp3) is 0.0952. The van der Waals surface area contributed by atoms with Crippen LogP contribution in [0.2, 0.25) is 5.02 Å². The Kier molecular flexibility index (Phi) is 5.80. The van der Waals surface area contributed by atoms with Crippen LogP contribution in [-0.4, -0.2) is 4.98 Å². The monoisotopic (exact) mass is 387 g/mol. The SMILES string of the molecule is Cc1cccc2c(Cl)c(CC=C(Cl)Cl)c(C=Cc3ccccc3)nc12. The molecule has 2 aromatic carbocycles. The molecule has 0 aliphatic carbocycles. The molecule has 0 unspecified atom stereocenters. The van der Waals surface area contributed by atoms with E-state index < -0.39 is 0 Å². The first-order chi connectivity index (χ1) is 12.1. The van der Waals surface area contributed by atoms with Crippen LogP contribution in [0.1, 0.15) is 22.4 Å². The lowest BCUT2D eigenvalue weighted by Crippen LogP contribution is -1.97. The van der Waals surface area contributed by atoms with Gasteiger partial charge in [-0.05, 0) is 36.6 Å². The van der Waals surface area contributed by atoms with Gasteiger partial charge in [-0.1, -0.05) is 89.4 Å². The lowest BCUT2D eigenvalue weighted by Gasteiger charge is -2.11. The van der Waals surface area contributed by atoms with Crippen molar-refractivity contribution in [2.75, 3.05) is 0 Å². The number of nitrogens with zero attached hydrogens (tertiary/aromatic N) is 1. The van der Waals surface area contributed by atoms with Crippen LogP contribution in [0.3, 0.4) is 0 Å². The molecule has 0 amide bonds. The molecule has 0 fully saturated rings. The standard InChI is InChI=1S/C21H16Cl3N/c1-14-6-5-9-17-20(24)16(11-13-19(22)23)18(25-21(14)17)12-10-15-7-3-2-4-8-15/h2-10,12-13H,11H2,1H3. The Morgan fingerprint density at radius 3 is 2.48 bits per heavy atom. The molecule has 4 heteroatoms. The zero-order valence-electron chi connectivity index (χ0n) is 13.6. The molecular weight excluding hydrogens is 373 g/mol. The number of halogens is 3. The highest BCUT2D eigenvalue weighted by Gasteiger charge is 2.12. The van der Waals surface area contributed by atoms with Crippen molar-refractivity contribution >= 4 is 57.9 Å². The summed E-state index contributed by atoms with van der Waals surface area (Å²) in [6.07, 6.45) is 6.26. The Balaban J connectivity index is 2.16. The number of fused-ring (bicyclic) bond motifs is 1. The van der Waals surface area contributed by atoms with Gasteiger partial charge in [0.15, 0.2) is 0 Å². The van der Waals surface area contributed by atoms with Crippen LogP contribution in [0.15, 0.2) is 59.1 Å². The molecule has 25 heavy (non-hydrogen) atoms. The van der Waals surface area contributed by atoms with Crippen LogP contribution >= 0.6 is 34.8 Å². The largest absolute Gasteiger partial charge is 0.248 e. The van der Waals surface area contributed by atoms with E-state index in [0.29, 0.717) is 11.4 Å². The van der Waals surface area contributed by atoms with Gasteiger partial charge in [0, 0.05) is 10.9 Å². The zero-order valence-corrected chi connectivity index (χ0v) is 15.9. The average Bonchev–Trinajstić information content (AvgIpc) is 2.61. The van der Waals surface area contributed by atoms with Gasteiger partial charge in [-0.3, -0.25) is 0 Å². The van der Waals surface area contributed by atoms with Crippen LogP contribution in [0.4, 0.5) is 0 Å². The van der Waals surface area contributed by atoms with E-state index in [4.69, 9.17) is 39.8 Å². The van der Waals surface area contributed by atoms with Gasteiger partial charge in [-0.2, -0.15) is 0 Å². The third-order valence-electron chi connectivity index (χ3n) is 3.97. The van der Waals surface area contributed by atoms with Crippen LogP contribution in [0.5, 0.6) is 0 Å².